The number of nitrogens with zero attached hydrogens (tertiary/aromatic N) is 3. The van der Waals surface area contributed by atoms with Crippen LogP contribution in [0.2, 0.25) is 5.02 Å². The number of benzene rings is 2. The van der Waals surface area contributed by atoms with Crippen molar-refractivity contribution in [2.24, 2.45) is 0 Å². The summed E-state index contributed by atoms with van der Waals surface area (Å²) >= 11 is 6.94. The SMILES string of the molecule is CCn1c(S/C(=C\c2ccc(-c3cc(C(=O)O)ccc3C)o2)C(=O)O)nnc1-c1ccc(Cl)cc1. The Hall–Kier alpha value is -3.82. The van der Waals surface area contributed by atoms with Crippen LogP contribution in [0, 0.1) is 6.92 Å². The van der Waals surface area contributed by atoms with Crippen LogP contribution in [-0.2, 0) is 11.3 Å². The van der Waals surface area contributed by atoms with Gasteiger partial charge in [-0.3, -0.25) is 0 Å². The molecule has 0 unspecified atom stereocenters. The summed E-state index contributed by atoms with van der Waals surface area (Å²) in [5, 5.41) is 28.5. The second kappa shape index (κ2) is 10.2. The van der Waals surface area contributed by atoms with Gasteiger partial charge in [0.15, 0.2) is 11.0 Å². The highest BCUT2D eigenvalue weighted by Crippen LogP contribution is 2.33. The van der Waals surface area contributed by atoms with E-state index in [0.717, 1.165) is 22.9 Å². The van der Waals surface area contributed by atoms with Gasteiger partial charge in [-0.05, 0) is 79.7 Å². The van der Waals surface area contributed by atoms with Gasteiger partial charge in [-0.2, -0.15) is 0 Å². The molecule has 2 heterocycles. The lowest BCUT2D eigenvalue weighted by Crippen LogP contribution is -2.02. The average Bonchev–Trinajstić information content (AvgIpc) is 3.46. The zero-order valence-corrected chi connectivity index (χ0v) is 20.3. The molecule has 0 atom stereocenters. The van der Waals surface area contributed by atoms with Crippen LogP contribution in [-0.4, -0.2) is 36.9 Å². The van der Waals surface area contributed by atoms with Gasteiger partial charge in [-0.25, -0.2) is 9.59 Å². The maximum absolute atomic E-state index is 12.0. The Labute approximate surface area is 209 Å². The summed E-state index contributed by atoms with van der Waals surface area (Å²) in [4.78, 5) is 23.3. The summed E-state index contributed by atoms with van der Waals surface area (Å²) in [7, 11) is 0. The molecule has 0 amide bonds. The standard InChI is InChI=1S/C25H20ClN3O5S/c1-3-29-22(15-6-8-17(26)9-7-15)27-28-25(29)35-21(24(32)33)13-18-10-11-20(34-18)19-12-16(23(30)31)5-4-14(19)2/h4-13H,3H2,1-2H3,(H,30,31)(H,32,33)/b21-13-. The van der Waals surface area contributed by atoms with Crippen molar-refractivity contribution in [2.75, 3.05) is 0 Å². The molecule has 2 N–H and O–H groups in total. The van der Waals surface area contributed by atoms with E-state index in [-0.39, 0.29) is 10.5 Å². The van der Waals surface area contributed by atoms with Gasteiger partial charge >= 0.3 is 11.9 Å². The van der Waals surface area contributed by atoms with Crippen LogP contribution in [0.5, 0.6) is 0 Å². The molecular weight excluding hydrogens is 490 g/mol. The first kappa shape index (κ1) is 24.3. The Morgan fingerprint density at radius 3 is 2.49 bits per heavy atom. The fourth-order valence-corrected chi connectivity index (χ4v) is 4.41. The summed E-state index contributed by atoms with van der Waals surface area (Å²) in [5.41, 5.74) is 2.40. The molecule has 0 saturated carbocycles. The summed E-state index contributed by atoms with van der Waals surface area (Å²) in [6, 6.07) is 15.2. The third kappa shape index (κ3) is 5.31. The van der Waals surface area contributed by atoms with Crippen molar-refractivity contribution in [2.45, 2.75) is 25.5 Å². The molecule has 0 aliphatic carbocycles. The highest BCUT2D eigenvalue weighted by molar-refractivity contribution is 8.04. The third-order valence-corrected chi connectivity index (χ3v) is 6.45. The van der Waals surface area contributed by atoms with Gasteiger partial charge in [-0.15, -0.1) is 10.2 Å². The van der Waals surface area contributed by atoms with E-state index >= 15 is 0 Å². The van der Waals surface area contributed by atoms with Gasteiger partial charge in [0.1, 0.15) is 16.4 Å². The molecule has 0 fully saturated rings. The smallest absolute Gasteiger partial charge is 0.342 e. The molecule has 8 nitrogen and oxygen atoms in total. The lowest BCUT2D eigenvalue weighted by Gasteiger charge is -2.07. The Morgan fingerprint density at radius 1 is 1.09 bits per heavy atom. The van der Waals surface area contributed by atoms with Crippen molar-refractivity contribution >= 4 is 41.4 Å². The van der Waals surface area contributed by atoms with E-state index in [1.165, 1.54) is 18.2 Å². The summed E-state index contributed by atoms with van der Waals surface area (Å²) < 4.78 is 7.66. The Balaban J connectivity index is 1.65. The van der Waals surface area contributed by atoms with Crippen molar-refractivity contribution in [1.29, 1.82) is 0 Å². The van der Waals surface area contributed by atoms with Crippen LogP contribution in [0.15, 0.2) is 69.1 Å². The maximum Gasteiger partial charge on any atom is 0.342 e. The largest absolute Gasteiger partial charge is 0.478 e. The number of aromatic nitrogens is 3. The first-order valence-electron chi connectivity index (χ1n) is 10.5. The zero-order valence-electron chi connectivity index (χ0n) is 18.7. The molecule has 178 valence electrons. The van der Waals surface area contributed by atoms with E-state index in [1.807, 2.05) is 30.5 Å². The second-order valence-corrected chi connectivity index (χ2v) is 8.96. The van der Waals surface area contributed by atoms with E-state index in [2.05, 4.69) is 10.2 Å². The first-order valence-corrected chi connectivity index (χ1v) is 11.7. The fraction of sp³-hybridized carbons (Fsp3) is 0.120. The number of aliphatic carboxylic acids is 1. The maximum atomic E-state index is 12.0. The zero-order chi connectivity index (χ0) is 25.1. The lowest BCUT2D eigenvalue weighted by molar-refractivity contribution is -0.131. The monoisotopic (exact) mass is 509 g/mol. The van der Waals surface area contributed by atoms with Crippen LogP contribution in [0.4, 0.5) is 0 Å². The summed E-state index contributed by atoms with van der Waals surface area (Å²) in [5.74, 6) is -0.833. The number of furan rings is 1. The molecule has 35 heavy (non-hydrogen) atoms. The highest BCUT2D eigenvalue weighted by atomic mass is 35.5. The minimum atomic E-state index is -1.14. The molecule has 0 aliphatic heterocycles. The number of halogens is 1. The number of thioether (sulfide) groups is 1. The molecule has 4 rings (SSSR count). The van der Waals surface area contributed by atoms with Gasteiger partial charge in [-0.1, -0.05) is 17.7 Å². The molecule has 0 spiro atoms. The molecule has 0 radical (unpaired) electrons. The van der Waals surface area contributed by atoms with E-state index in [9.17, 15) is 19.8 Å². The molecule has 10 heteroatoms. The number of carbonyl (C=O) groups is 2. The number of carboxylic acids is 2. The summed E-state index contributed by atoms with van der Waals surface area (Å²) in [6.45, 7) is 4.29. The van der Waals surface area contributed by atoms with Crippen molar-refractivity contribution < 1.29 is 24.2 Å². The van der Waals surface area contributed by atoms with Crippen molar-refractivity contribution in [1.82, 2.24) is 14.8 Å². The molecule has 4 aromatic rings. The van der Waals surface area contributed by atoms with Gasteiger partial charge in [0, 0.05) is 28.8 Å². The van der Waals surface area contributed by atoms with Crippen LogP contribution in [0.25, 0.3) is 28.8 Å². The van der Waals surface area contributed by atoms with E-state index < -0.39 is 11.9 Å². The van der Waals surface area contributed by atoms with Gasteiger partial charge in [0.05, 0.1) is 5.56 Å². The van der Waals surface area contributed by atoms with Crippen LogP contribution in [0.3, 0.4) is 0 Å². The predicted octanol–water partition coefficient (Wildman–Crippen LogP) is 6.10. The number of hydrogen-bond donors (Lipinski definition) is 2. The molecule has 0 bridgehead atoms. The number of aromatic carboxylic acids is 1. The molecule has 2 aromatic carbocycles. The van der Waals surface area contributed by atoms with Gasteiger partial charge in [0.25, 0.3) is 0 Å². The minimum absolute atomic E-state index is 0.00772. The minimum Gasteiger partial charge on any atom is -0.478 e. The van der Waals surface area contributed by atoms with E-state index in [0.29, 0.717) is 39.6 Å². The first-order chi connectivity index (χ1) is 16.8. The van der Waals surface area contributed by atoms with Crippen molar-refractivity contribution in [3.63, 3.8) is 0 Å². The van der Waals surface area contributed by atoms with E-state index in [4.69, 9.17) is 16.0 Å². The molecule has 0 aliphatic rings. The van der Waals surface area contributed by atoms with Gasteiger partial charge < -0.3 is 19.2 Å². The number of carboxylic acid groups (broad SMARTS) is 2. The Kier molecular flexibility index (Phi) is 7.09. The fourth-order valence-electron chi connectivity index (χ4n) is 3.42. The Bertz CT molecular complexity index is 1440. The van der Waals surface area contributed by atoms with Crippen molar-refractivity contribution in [3.05, 3.63) is 81.4 Å². The summed E-state index contributed by atoms with van der Waals surface area (Å²) in [6.07, 6.45) is 1.41. The number of rotatable bonds is 8. The third-order valence-electron chi connectivity index (χ3n) is 5.20. The topological polar surface area (TPSA) is 118 Å². The normalized spacial score (nSPS) is 11.6. The van der Waals surface area contributed by atoms with Crippen LogP contribution >= 0.6 is 23.4 Å². The average molecular weight is 510 g/mol. The quantitative estimate of drug-likeness (QED) is 0.216. The van der Waals surface area contributed by atoms with Gasteiger partial charge in [0.2, 0.25) is 0 Å². The van der Waals surface area contributed by atoms with Crippen LogP contribution in [0.1, 0.15) is 28.6 Å². The molecule has 0 saturated heterocycles. The Morgan fingerprint density at radius 2 is 1.83 bits per heavy atom. The molecule has 2 aromatic heterocycles. The second-order valence-electron chi connectivity index (χ2n) is 7.51. The van der Waals surface area contributed by atoms with E-state index in [1.54, 1.807) is 30.3 Å². The van der Waals surface area contributed by atoms with Crippen molar-refractivity contribution in [3.8, 4) is 22.7 Å². The molecular formula is C25H20ClN3O5S. The predicted molar refractivity (Wildman–Crippen MR) is 133 cm³/mol. The number of hydrogen-bond acceptors (Lipinski definition) is 6. The highest BCUT2D eigenvalue weighted by Gasteiger charge is 2.19. The lowest BCUT2D eigenvalue weighted by atomic mass is 10.0. The number of aryl methyl sites for hydroxylation is 1. The van der Waals surface area contributed by atoms with Crippen LogP contribution < -0.4 is 0 Å².